The molecule has 2 heterocycles. The highest BCUT2D eigenvalue weighted by atomic mass is 32.2. The fourth-order valence-corrected chi connectivity index (χ4v) is 7.47. The second-order valence-corrected chi connectivity index (χ2v) is 10.9. The van der Waals surface area contributed by atoms with E-state index >= 15 is 0 Å². The Morgan fingerprint density at radius 1 is 1.00 bits per heavy atom. The Morgan fingerprint density at radius 2 is 1.65 bits per heavy atom. The molecule has 3 fully saturated rings. The molecule has 2 aliphatic heterocycles. The van der Waals surface area contributed by atoms with Gasteiger partial charge in [-0.3, -0.25) is 9.69 Å². The van der Waals surface area contributed by atoms with E-state index in [1.165, 1.54) is 0 Å². The molecule has 0 radical (unpaired) electrons. The number of hydrogen-bond donors (Lipinski definition) is 1. The van der Waals surface area contributed by atoms with Crippen LogP contribution in [0.2, 0.25) is 0 Å². The quantitative estimate of drug-likeness (QED) is 0.772. The minimum Gasteiger partial charge on any atom is -0.340 e. The first-order chi connectivity index (χ1) is 12.4. The maximum absolute atomic E-state index is 13.2. The van der Waals surface area contributed by atoms with Gasteiger partial charge in [0, 0.05) is 45.3 Å². The molecular formula is C19H35N3O3S. The summed E-state index contributed by atoms with van der Waals surface area (Å²) in [6.07, 6.45) is 5.46. The second kappa shape index (κ2) is 8.57. The number of carbonyl (C=O) groups excluding carboxylic acids is 1. The number of likely N-dealkylation sites (tertiary alicyclic amines) is 1. The van der Waals surface area contributed by atoms with E-state index in [1.54, 1.807) is 0 Å². The van der Waals surface area contributed by atoms with Crippen molar-refractivity contribution in [2.45, 2.75) is 68.9 Å². The van der Waals surface area contributed by atoms with Gasteiger partial charge in [-0.1, -0.05) is 33.1 Å². The molecule has 26 heavy (non-hydrogen) atoms. The van der Waals surface area contributed by atoms with E-state index in [0.717, 1.165) is 64.7 Å². The van der Waals surface area contributed by atoms with E-state index in [4.69, 9.17) is 0 Å². The molecule has 2 saturated heterocycles. The molecule has 3 aliphatic rings. The lowest BCUT2D eigenvalue weighted by Crippen LogP contribution is -2.51. The number of rotatable bonds is 5. The molecule has 6 nitrogen and oxygen atoms in total. The average Bonchev–Trinajstić information content (AvgIpc) is 3.13. The third-order valence-electron chi connectivity index (χ3n) is 6.36. The number of piperazine rings is 1. The molecule has 0 bridgehead atoms. The lowest BCUT2D eigenvalue weighted by Gasteiger charge is -2.33. The van der Waals surface area contributed by atoms with Gasteiger partial charge in [-0.15, -0.1) is 0 Å². The van der Waals surface area contributed by atoms with Crippen molar-refractivity contribution < 1.29 is 13.2 Å². The van der Waals surface area contributed by atoms with E-state index in [1.807, 2.05) is 18.7 Å². The number of nitrogens with one attached hydrogen (secondary N) is 1. The molecule has 0 aromatic rings. The van der Waals surface area contributed by atoms with Gasteiger partial charge >= 0.3 is 0 Å². The number of hydrogen-bond acceptors (Lipinski definition) is 5. The predicted molar refractivity (Wildman–Crippen MR) is 104 cm³/mol. The van der Waals surface area contributed by atoms with Crippen molar-refractivity contribution in [1.29, 1.82) is 0 Å². The Morgan fingerprint density at radius 3 is 2.27 bits per heavy atom. The Hall–Kier alpha value is -0.660. The second-order valence-electron chi connectivity index (χ2n) is 8.53. The van der Waals surface area contributed by atoms with E-state index in [0.29, 0.717) is 19.1 Å². The van der Waals surface area contributed by atoms with Crippen molar-refractivity contribution in [1.82, 2.24) is 15.1 Å². The van der Waals surface area contributed by atoms with Crippen LogP contribution >= 0.6 is 0 Å². The molecule has 7 heteroatoms. The normalized spacial score (nSPS) is 27.8. The topological polar surface area (TPSA) is 69.7 Å². The molecule has 0 aromatic heterocycles. The Balaban J connectivity index is 1.69. The van der Waals surface area contributed by atoms with Crippen molar-refractivity contribution in [3.8, 4) is 0 Å². The van der Waals surface area contributed by atoms with Crippen LogP contribution in [-0.4, -0.2) is 79.9 Å². The summed E-state index contributed by atoms with van der Waals surface area (Å²) in [6, 6.07) is 0.381. The van der Waals surface area contributed by atoms with Crippen LogP contribution in [0.25, 0.3) is 0 Å². The minimum atomic E-state index is -3.42. The largest absolute Gasteiger partial charge is 0.340 e. The molecule has 3 rings (SSSR count). The lowest BCUT2D eigenvalue weighted by molar-refractivity contribution is -0.130. The summed E-state index contributed by atoms with van der Waals surface area (Å²) >= 11 is 0. The Kier molecular flexibility index (Phi) is 6.62. The molecule has 0 spiro atoms. The fourth-order valence-electron chi connectivity index (χ4n) is 4.87. The highest BCUT2D eigenvalue weighted by molar-refractivity contribution is 7.93. The third kappa shape index (κ3) is 4.25. The van der Waals surface area contributed by atoms with Gasteiger partial charge in [-0.05, 0) is 25.2 Å². The zero-order valence-electron chi connectivity index (χ0n) is 16.3. The molecular weight excluding hydrogens is 350 g/mol. The Bertz CT molecular complexity index is 581. The summed E-state index contributed by atoms with van der Waals surface area (Å²) in [5.41, 5.74) is 0. The maximum Gasteiger partial charge on any atom is 0.241 e. The number of nitrogens with zero attached hydrogens (tertiary/aromatic N) is 2. The van der Waals surface area contributed by atoms with Gasteiger partial charge in [0.05, 0.1) is 5.25 Å². The number of sulfone groups is 1. The molecule has 1 saturated carbocycles. The van der Waals surface area contributed by atoms with E-state index in [9.17, 15) is 13.2 Å². The van der Waals surface area contributed by atoms with Crippen LogP contribution in [0.1, 0.15) is 52.4 Å². The summed E-state index contributed by atoms with van der Waals surface area (Å²) in [5, 5.41) is 2.17. The highest BCUT2D eigenvalue weighted by Gasteiger charge is 2.44. The monoisotopic (exact) mass is 385 g/mol. The first-order valence-corrected chi connectivity index (χ1v) is 12.0. The highest BCUT2D eigenvalue weighted by Crippen LogP contribution is 2.30. The van der Waals surface area contributed by atoms with Crippen LogP contribution in [0.4, 0.5) is 0 Å². The van der Waals surface area contributed by atoms with Crippen molar-refractivity contribution >= 4 is 15.7 Å². The van der Waals surface area contributed by atoms with Gasteiger partial charge in [0.25, 0.3) is 0 Å². The standard InChI is InChI=1S/C19H35N3O3S/c1-15(2)18(26(24,25)17-6-4-3-5-7-17)19(23)22-11-8-16(14-22)21-12-9-20-10-13-21/h15-18,20H,3-14H2,1-2H3. The first-order valence-electron chi connectivity index (χ1n) is 10.4. The zero-order chi connectivity index (χ0) is 18.7. The summed E-state index contributed by atoms with van der Waals surface area (Å²) in [7, 11) is -3.42. The summed E-state index contributed by atoms with van der Waals surface area (Å²) in [4.78, 5) is 17.5. The van der Waals surface area contributed by atoms with Gasteiger partial charge in [0.1, 0.15) is 5.25 Å². The van der Waals surface area contributed by atoms with Crippen molar-refractivity contribution in [2.75, 3.05) is 39.3 Å². The SMILES string of the molecule is CC(C)C(C(=O)N1CCC(N2CCNCC2)C1)S(=O)(=O)C1CCCCC1. The fraction of sp³-hybridized carbons (Fsp3) is 0.947. The van der Waals surface area contributed by atoms with Crippen LogP contribution in [0.3, 0.4) is 0 Å². The molecule has 2 unspecified atom stereocenters. The minimum absolute atomic E-state index is 0.150. The van der Waals surface area contributed by atoms with Crippen LogP contribution in [0, 0.1) is 5.92 Å². The van der Waals surface area contributed by atoms with Crippen LogP contribution in [0.5, 0.6) is 0 Å². The van der Waals surface area contributed by atoms with Gasteiger partial charge in [0.15, 0.2) is 9.84 Å². The van der Waals surface area contributed by atoms with Gasteiger partial charge in [0.2, 0.25) is 5.91 Å². The summed E-state index contributed by atoms with van der Waals surface area (Å²) in [5.74, 6) is -0.323. The molecule has 2 atom stereocenters. The van der Waals surface area contributed by atoms with E-state index < -0.39 is 15.1 Å². The van der Waals surface area contributed by atoms with Crippen molar-refractivity contribution in [2.24, 2.45) is 5.92 Å². The summed E-state index contributed by atoms with van der Waals surface area (Å²) in [6.45, 7) is 9.16. The van der Waals surface area contributed by atoms with Crippen LogP contribution < -0.4 is 5.32 Å². The zero-order valence-corrected chi connectivity index (χ0v) is 17.1. The van der Waals surface area contributed by atoms with Crippen LogP contribution in [0.15, 0.2) is 0 Å². The number of amides is 1. The Labute approximate surface area is 158 Å². The van der Waals surface area contributed by atoms with Gasteiger partial charge in [-0.2, -0.15) is 0 Å². The average molecular weight is 386 g/mol. The van der Waals surface area contributed by atoms with Gasteiger partial charge in [-0.25, -0.2) is 8.42 Å². The summed E-state index contributed by atoms with van der Waals surface area (Å²) < 4.78 is 26.5. The lowest BCUT2D eigenvalue weighted by atomic mass is 10.0. The molecule has 1 amide bonds. The predicted octanol–water partition coefficient (Wildman–Crippen LogP) is 1.26. The van der Waals surface area contributed by atoms with E-state index in [2.05, 4.69) is 10.2 Å². The van der Waals surface area contributed by atoms with Crippen molar-refractivity contribution in [3.63, 3.8) is 0 Å². The molecule has 0 aromatic carbocycles. The maximum atomic E-state index is 13.2. The van der Waals surface area contributed by atoms with Crippen molar-refractivity contribution in [3.05, 3.63) is 0 Å². The number of carbonyl (C=O) groups is 1. The van der Waals surface area contributed by atoms with Gasteiger partial charge < -0.3 is 10.2 Å². The third-order valence-corrected chi connectivity index (χ3v) is 9.22. The first kappa shape index (κ1) is 20.1. The van der Waals surface area contributed by atoms with E-state index in [-0.39, 0.29) is 17.1 Å². The molecule has 150 valence electrons. The molecule has 1 N–H and O–H groups in total. The van der Waals surface area contributed by atoms with Crippen LogP contribution in [-0.2, 0) is 14.6 Å². The molecule has 1 aliphatic carbocycles. The smallest absolute Gasteiger partial charge is 0.241 e.